The molecule has 0 radical (unpaired) electrons. The Morgan fingerprint density at radius 2 is 2.00 bits per heavy atom. The molecule has 136 valence electrons. The van der Waals surface area contributed by atoms with E-state index in [2.05, 4.69) is 20.6 Å². The highest BCUT2D eigenvalue weighted by Gasteiger charge is 2.20. The van der Waals surface area contributed by atoms with Gasteiger partial charge >= 0.3 is 6.55 Å². The fourth-order valence-electron chi connectivity index (χ4n) is 2.17. The van der Waals surface area contributed by atoms with Gasteiger partial charge in [0.1, 0.15) is 17.5 Å². The number of halogens is 2. The summed E-state index contributed by atoms with van der Waals surface area (Å²) in [6, 6.07) is 7.64. The van der Waals surface area contributed by atoms with Gasteiger partial charge in [-0.3, -0.25) is 4.79 Å². The molecule has 1 N–H and O–H groups in total. The van der Waals surface area contributed by atoms with Crippen molar-refractivity contribution in [2.45, 2.75) is 19.5 Å². The van der Waals surface area contributed by atoms with Crippen molar-refractivity contribution in [1.29, 1.82) is 0 Å². The maximum absolute atomic E-state index is 12.5. The van der Waals surface area contributed by atoms with E-state index in [9.17, 15) is 13.6 Å². The van der Waals surface area contributed by atoms with E-state index >= 15 is 0 Å². The Labute approximate surface area is 146 Å². The quantitative estimate of drug-likeness (QED) is 0.724. The molecule has 0 aliphatic carbocycles. The zero-order valence-electron chi connectivity index (χ0n) is 13.9. The zero-order valence-corrected chi connectivity index (χ0v) is 13.9. The maximum Gasteiger partial charge on any atom is 0.333 e. The highest BCUT2D eigenvalue weighted by Crippen LogP contribution is 2.21. The Morgan fingerprint density at radius 1 is 1.27 bits per heavy atom. The number of aromatic nitrogens is 4. The van der Waals surface area contributed by atoms with Crippen LogP contribution in [0.5, 0.6) is 5.75 Å². The molecule has 0 bridgehead atoms. The number of amides is 1. The minimum Gasteiger partial charge on any atom is -0.497 e. The van der Waals surface area contributed by atoms with Crippen LogP contribution in [-0.4, -0.2) is 32.9 Å². The molecule has 3 aromatic rings. The molecule has 26 heavy (non-hydrogen) atoms. The van der Waals surface area contributed by atoms with Crippen LogP contribution >= 0.6 is 0 Å². The molecule has 0 saturated carbocycles. The summed E-state index contributed by atoms with van der Waals surface area (Å²) in [7, 11) is 1.57. The lowest BCUT2D eigenvalue weighted by Gasteiger charge is -2.07. The van der Waals surface area contributed by atoms with Crippen LogP contribution in [0, 0.1) is 0 Å². The van der Waals surface area contributed by atoms with E-state index in [1.807, 2.05) is 0 Å². The average Bonchev–Trinajstić information content (AvgIpc) is 3.31. The van der Waals surface area contributed by atoms with Gasteiger partial charge in [0.25, 0.3) is 5.91 Å². The molecule has 2 aromatic heterocycles. The number of rotatable bonds is 6. The van der Waals surface area contributed by atoms with E-state index < -0.39 is 18.5 Å². The van der Waals surface area contributed by atoms with Crippen molar-refractivity contribution in [1.82, 2.24) is 25.2 Å². The highest BCUT2D eigenvalue weighted by atomic mass is 19.3. The van der Waals surface area contributed by atoms with Crippen LogP contribution in [-0.2, 0) is 0 Å². The van der Waals surface area contributed by atoms with E-state index in [4.69, 9.17) is 9.26 Å². The number of nitrogens with zero attached hydrogens (tertiary/aromatic N) is 4. The van der Waals surface area contributed by atoms with Crippen LogP contribution in [0.1, 0.15) is 35.9 Å². The first-order chi connectivity index (χ1) is 12.5. The van der Waals surface area contributed by atoms with Gasteiger partial charge in [-0.2, -0.15) is 18.9 Å². The first-order valence-corrected chi connectivity index (χ1v) is 7.60. The third-order valence-electron chi connectivity index (χ3n) is 3.55. The molecular weight excluding hydrogens is 348 g/mol. The Kier molecular flexibility index (Phi) is 4.92. The molecule has 1 atom stereocenters. The predicted molar refractivity (Wildman–Crippen MR) is 85.6 cm³/mol. The summed E-state index contributed by atoms with van der Waals surface area (Å²) in [5.74, 6) is 0.602. The van der Waals surface area contributed by atoms with Gasteiger partial charge in [-0.05, 0) is 37.3 Å². The van der Waals surface area contributed by atoms with Crippen LogP contribution in [0.25, 0.3) is 11.4 Å². The van der Waals surface area contributed by atoms with E-state index in [-0.39, 0.29) is 11.6 Å². The SMILES string of the molecule is COc1ccc(-c2noc([C@H](C)NC(=O)c3ccn(C(F)F)n3)n2)cc1. The number of methoxy groups -OCH3 is 1. The molecule has 8 nitrogen and oxygen atoms in total. The van der Waals surface area contributed by atoms with Crippen molar-refractivity contribution < 1.29 is 22.8 Å². The van der Waals surface area contributed by atoms with Gasteiger partial charge < -0.3 is 14.6 Å². The molecule has 0 aliphatic heterocycles. The van der Waals surface area contributed by atoms with Crippen LogP contribution in [0.4, 0.5) is 8.78 Å². The van der Waals surface area contributed by atoms with E-state index in [0.717, 1.165) is 11.8 Å². The summed E-state index contributed by atoms with van der Waals surface area (Å²) in [4.78, 5) is 16.3. The molecule has 1 amide bonds. The number of carbonyl (C=O) groups is 1. The largest absolute Gasteiger partial charge is 0.497 e. The molecule has 10 heteroatoms. The molecule has 0 saturated heterocycles. The summed E-state index contributed by atoms with van der Waals surface area (Å²) in [6.45, 7) is -1.18. The van der Waals surface area contributed by atoms with Crippen molar-refractivity contribution in [3.8, 4) is 17.1 Å². The standard InChI is InChI=1S/C16H15F2N5O3/c1-9(19-14(24)12-7-8-23(21-12)16(17)18)15-20-13(22-26-15)10-3-5-11(25-2)6-4-10/h3-9,16H,1-2H3,(H,19,24)/t9-/m0/s1. The number of carbonyl (C=O) groups excluding carboxylic acids is 1. The van der Waals surface area contributed by atoms with E-state index in [1.54, 1.807) is 38.3 Å². The Balaban J connectivity index is 1.68. The number of alkyl halides is 2. The van der Waals surface area contributed by atoms with Gasteiger partial charge in [0.05, 0.1) is 7.11 Å². The van der Waals surface area contributed by atoms with Crippen molar-refractivity contribution in [2.75, 3.05) is 7.11 Å². The third-order valence-corrected chi connectivity index (χ3v) is 3.55. The smallest absolute Gasteiger partial charge is 0.333 e. The second kappa shape index (κ2) is 7.30. The molecule has 0 fully saturated rings. The van der Waals surface area contributed by atoms with E-state index in [0.29, 0.717) is 16.3 Å². The van der Waals surface area contributed by atoms with Crippen LogP contribution in [0.3, 0.4) is 0 Å². The second-order valence-corrected chi connectivity index (χ2v) is 5.34. The summed E-state index contributed by atoms with van der Waals surface area (Å²) in [6.07, 6.45) is 1.03. The average molecular weight is 363 g/mol. The van der Waals surface area contributed by atoms with Crippen LogP contribution in [0.2, 0.25) is 0 Å². The fraction of sp³-hybridized carbons (Fsp3) is 0.250. The lowest BCUT2D eigenvalue weighted by Crippen LogP contribution is -2.27. The molecule has 1 aromatic carbocycles. The first-order valence-electron chi connectivity index (χ1n) is 7.60. The van der Waals surface area contributed by atoms with Gasteiger partial charge in [0.15, 0.2) is 0 Å². The van der Waals surface area contributed by atoms with Crippen molar-refractivity contribution in [2.24, 2.45) is 0 Å². The van der Waals surface area contributed by atoms with Crippen molar-refractivity contribution >= 4 is 5.91 Å². The second-order valence-electron chi connectivity index (χ2n) is 5.34. The third kappa shape index (κ3) is 3.68. The summed E-state index contributed by atoms with van der Waals surface area (Å²) in [5, 5.41) is 9.95. The summed E-state index contributed by atoms with van der Waals surface area (Å²) >= 11 is 0. The summed E-state index contributed by atoms with van der Waals surface area (Å²) < 4.78 is 35.7. The molecule has 2 heterocycles. The molecule has 0 unspecified atom stereocenters. The molecule has 3 rings (SSSR count). The molecule has 0 spiro atoms. The monoisotopic (exact) mass is 363 g/mol. The lowest BCUT2D eigenvalue weighted by atomic mass is 10.2. The summed E-state index contributed by atoms with van der Waals surface area (Å²) in [5.41, 5.74) is 0.585. The van der Waals surface area contributed by atoms with E-state index in [1.165, 1.54) is 6.07 Å². The van der Waals surface area contributed by atoms with Crippen molar-refractivity contribution in [3.63, 3.8) is 0 Å². The first kappa shape index (κ1) is 17.5. The number of ether oxygens (including phenoxy) is 1. The number of hydrogen-bond donors (Lipinski definition) is 1. The number of hydrogen-bond acceptors (Lipinski definition) is 6. The fourth-order valence-corrected chi connectivity index (χ4v) is 2.17. The van der Waals surface area contributed by atoms with Crippen LogP contribution < -0.4 is 10.1 Å². The Bertz CT molecular complexity index is 891. The Hall–Kier alpha value is -3.30. The van der Waals surface area contributed by atoms with Crippen molar-refractivity contribution in [3.05, 3.63) is 48.1 Å². The van der Waals surface area contributed by atoms with Gasteiger partial charge in [0.2, 0.25) is 11.7 Å². The number of benzene rings is 1. The normalized spacial score (nSPS) is 12.2. The molecule has 0 aliphatic rings. The van der Waals surface area contributed by atoms with Gasteiger partial charge in [-0.1, -0.05) is 5.16 Å². The zero-order chi connectivity index (χ0) is 18.7. The highest BCUT2D eigenvalue weighted by molar-refractivity contribution is 5.92. The minimum atomic E-state index is -2.81. The topological polar surface area (TPSA) is 95.1 Å². The van der Waals surface area contributed by atoms with Gasteiger partial charge in [0, 0.05) is 11.8 Å². The van der Waals surface area contributed by atoms with Gasteiger partial charge in [-0.15, -0.1) is 0 Å². The predicted octanol–water partition coefficient (Wildman–Crippen LogP) is 2.83. The molecular formula is C16H15F2N5O3. The maximum atomic E-state index is 12.5. The van der Waals surface area contributed by atoms with Gasteiger partial charge in [-0.25, -0.2) is 4.68 Å². The Morgan fingerprint density at radius 3 is 2.62 bits per heavy atom. The lowest BCUT2D eigenvalue weighted by molar-refractivity contribution is 0.0559. The number of nitrogens with one attached hydrogen (secondary N) is 1. The minimum absolute atomic E-state index is 0.132. The van der Waals surface area contributed by atoms with Crippen LogP contribution in [0.15, 0.2) is 41.1 Å².